The highest BCUT2D eigenvalue weighted by atomic mass is 16.1. The fourth-order valence-corrected chi connectivity index (χ4v) is 1.75. The highest BCUT2D eigenvalue weighted by Gasteiger charge is 2.29. The van der Waals surface area contributed by atoms with Crippen LogP contribution in [0.5, 0.6) is 0 Å². The second-order valence-corrected chi connectivity index (χ2v) is 4.34. The number of rotatable bonds is 2. The van der Waals surface area contributed by atoms with E-state index in [4.69, 9.17) is 0 Å². The molecule has 11 heavy (non-hydrogen) atoms. The van der Waals surface area contributed by atoms with Gasteiger partial charge in [-0.3, -0.25) is 9.69 Å². The third-order valence-corrected chi connectivity index (χ3v) is 1.72. The van der Waals surface area contributed by atoms with Gasteiger partial charge in [0.15, 0.2) is 0 Å². The minimum Gasteiger partial charge on any atom is -0.299 e. The maximum Gasteiger partial charge on any atom is 0.147 e. The molecule has 2 nitrogen and oxygen atoms in total. The lowest BCUT2D eigenvalue weighted by atomic mass is 9.84. The molecule has 0 fully saturated rings. The summed E-state index contributed by atoms with van der Waals surface area (Å²) in [6, 6.07) is 0.0301. The Hall–Kier alpha value is -0.370. The molecule has 0 amide bonds. The summed E-state index contributed by atoms with van der Waals surface area (Å²) in [6.07, 6.45) is 0. The van der Waals surface area contributed by atoms with Crippen LogP contribution in [0.2, 0.25) is 0 Å². The van der Waals surface area contributed by atoms with E-state index in [2.05, 4.69) is 20.8 Å². The second kappa shape index (κ2) is 3.35. The average molecular weight is 157 g/mol. The van der Waals surface area contributed by atoms with Crippen LogP contribution in [0.15, 0.2) is 0 Å². The first-order valence-electron chi connectivity index (χ1n) is 3.93. The molecule has 1 unspecified atom stereocenters. The normalized spacial score (nSPS) is 15.2. The van der Waals surface area contributed by atoms with Crippen molar-refractivity contribution in [1.29, 1.82) is 0 Å². The van der Waals surface area contributed by atoms with Crippen LogP contribution in [0.3, 0.4) is 0 Å². The van der Waals surface area contributed by atoms with Crippen LogP contribution in [0.4, 0.5) is 0 Å². The molecular formula is C9H19NO. The third-order valence-electron chi connectivity index (χ3n) is 1.72. The molecule has 66 valence electrons. The largest absolute Gasteiger partial charge is 0.299 e. The Kier molecular flexibility index (Phi) is 3.24. The quantitative estimate of drug-likeness (QED) is 0.606. The summed E-state index contributed by atoms with van der Waals surface area (Å²) < 4.78 is 0. The van der Waals surface area contributed by atoms with Gasteiger partial charge in [0.2, 0.25) is 0 Å². The lowest BCUT2D eigenvalue weighted by molar-refractivity contribution is -0.124. The molecule has 0 saturated carbocycles. The van der Waals surface area contributed by atoms with Crippen LogP contribution < -0.4 is 0 Å². The molecule has 0 aromatic carbocycles. The van der Waals surface area contributed by atoms with Crippen molar-refractivity contribution in [3.8, 4) is 0 Å². The number of hydrogen-bond acceptors (Lipinski definition) is 2. The van der Waals surface area contributed by atoms with Gasteiger partial charge in [-0.1, -0.05) is 20.8 Å². The Labute approximate surface area is 69.6 Å². The minimum atomic E-state index is 0.0301. The van der Waals surface area contributed by atoms with E-state index in [1.54, 1.807) is 6.92 Å². The Bertz CT molecular complexity index is 144. The summed E-state index contributed by atoms with van der Waals surface area (Å²) in [5, 5.41) is 0. The molecule has 0 aromatic heterocycles. The summed E-state index contributed by atoms with van der Waals surface area (Å²) in [5.41, 5.74) is 0.0370. The maximum absolute atomic E-state index is 11.2. The number of ketones is 1. The fourth-order valence-electron chi connectivity index (χ4n) is 1.75. The van der Waals surface area contributed by atoms with Gasteiger partial charge >= 0.3 is 0 Å². The number of carbonyl (C=O) groups excluding carboxylic acids is 1. The van der Waals surface area contributed by atoms with Crippen molar-refractivity contribution >= 4 is 5.78 Å². The summed E-state index contributed by atoms with van der Waals surface area (Å²) >= 11 is 0. The van der Waals surface area contributed by atoms with E-state index >= 15 is 0 Å². The zero-order valence-corrected chi connectivity index (χ0v) is 8.43. The lowest BCUT2D eigenvalue weighted by Gasteiger charge is -2.33. The van der Waals surface area contributed by atoms with E-state index in [1.165, 1.54) is 0 Å². The van der Waals surface area contributed by atoms with Crippen molar-refractivity contribution in [2.75, 3.05) is 14.1 Å². The smallest absolute Gasteiger partial charge is 0.147 e. The summed E-state index contributed by atoms with van der Waals surface area (Å²) in [6.45, 7) is 7.90. The number of nitrogens with zero attached hydrogens (tertiary/aromatic N) is 1. The zero-order valence-electron chi connectivity index (χ0n) is 8.43. The first-order chi connectivity index (χ1) is 4.76. The monoisotopic (exact) mass is 157 g/mol. The minimum absolute atomic E-state index is 0.0301. The zero-order chi connectivity index (χ0) is 9.23. The SMILES string of the molecule is CC(=O)C(N(C)C)C(C)(C)C. The highest BCUT2D eigenvalue weighted by molar-refractivity contribution is 5.82. The Balaban J connectivity index is 4.49. The summed E-state index contributed by atoms with van der Waals surface area (Å²) in [7, 11) is 3.88. The van der Waals surface area contributed by atoms with Gasteiger partial charge in [0, 0.05) is 0 Å². The van der Waals surface area contributed by atoms with Gasteiger partial charge in [-0.05, 0) is 26.4 Å². The topological polar surface area (TPSA) is 20.3 Å². The molecule has 0 rings (SSSR count). The Morgan fingerprint density at radius 1 is 1.27 bits per heavy atom. The molecule has 0 N–H and O–H groups in total. The molecule has 0 bridgehead atoms. The third kappa shape index (κ3) is 3.02. The molecule has 0 aromatic rings. The van der Waals surface area contributed by atoms with E-state index in [1.807, 2.05) is 19.0 Å². The standard InChI is InChI=1S/C9H19NO/c1-7(11)8(10(5)6)9(2,3)4/h8H,1-6H3. The summed E-state index contributed by atoms with van der Waals surface area (Å²) in [4.78, 5) is 13.2. The van der Waals surface area contributed by atoms with Gasteiger partial charge in [-0.15, -0.1) is 0 Å². The van der Waals surface area contributed by atoms with Gasteiger partial charge < -0.3 is 0 Å². The van der Waals surface area contributed by atoms with Crippen molar-refractivity contribution in [2.24, 2.45) is 5.41 Å². The van der Waals surface area contributed by atoms with Gasteiger partial charge in [0.25, 0.3) is 0 Å². The van der Waals surface area contributed by atoms with Gasteiger partial charge in [0.05, 0.1) is 6.04 Å². The lowest BCUT2D eigenvalue weighted by Crippen LogP contribution is -2.44. The van der Waals surface area contributed by atoms with Crippen molar-refractivity contribution in [1.82, 2.24) is 4.90 Å². The van der Waals surface area contributed by atoms with Crippen LogP contribution in [0.1, 0.15) is 27.7 Å². The van der Waals surface area contributed by atoms with Crippen LogP contribution in [-0.4, -0.2) is 30.8 Å². The first kappa shape index (κ1) is 10.6. The molecule has 0 aliphatic rings. The second-order valence-electron chi connectivity index (χ2n) is 4.34. The Morgan fingerprint density at radius 3 is 1.64 bits per heavy atom. The molecule has 0 heterocycles. The van der Waals surface area contributed by atoms with E-state index in [-0.39, 0.29) is 17.2 Å². The van der Waals surface area contributed by atoms with Crippen molar-refractivity contribution in [3.63, 3.8) is 0 Å². The number of carbonyl (C=O) groups is 1. The van der Waals surface area contributed by atoms with Crippen LogP contribution in [-0.2, 0) is 4.79 Å². The molecular weight excluding hydrogens is 138 g/mol. The molecule has 0 aliphatic carbocycles. The van der Waals surface area contributed by atoms with Gasteiger partial charge in [0.1, 0.15) is 5.78 Å². The molecule has 1 atom stereocenters. The van der Waals surface area contributed by atoms with Gasteiger partial charge in [-0.2, -0.15) is 0 Å². The van der Waals surface area contributed by atoms with Crippen LogP contribution in [0.25, 0.3) is 0 Å². The first-order valence-corrected chi connectivity index (χ1v) is 3.93. The maximum atomic E-state index is 11.2. The molecule has 0 radical (unpaired) electrons. The van der Waals surface area contributed by atoms with Crippen molar-refractivity contribution in [3.05, 3.63) is 0 Å². The fraction of sp³-hybridized carbons (Fsp3) is 0.889. The van der Waals surface area contributed by atoms with Crippen molar-refractivity contribution in [2.45, 2.75) is 33.7 Å². The number of Topliss-reactive ketones (excluding diaryl/α,β-unsaturated/α-hetero) is 1. The predicted octanol–water partition coefficient (Wildman–Crippen LogP) is 1.55. The molecule has 2 heteroatoms. The highest BCUT2D eigenvalue weighted by Crippen LogP contribution is 2.23. The van der Waals surface area contributed by atoms with Gasteiger partial charge in [-0.25, -0.2) is 0 Å². The van der Waals surface area contributed by atoms with Crippen LogP contribution >= 0.6 is 0 Å². The number of likely N-dealkylation sites (N-methyl/N-ethyl adjacent to an activating group) is 1. The van der Waals surface area contributed by atoms with Crippen LogP contribution in [0, 0.1) is 5.41 Å². The van der Waals surface area contributed by atoms with E-state index in [9.17, 15) is 4.79 Å². The predicted molar refractivity (Wildman–Crippen MR) is 47.6 cm³/mol. The van der Waals surface area contributed by atoms with E-state index in [0.717, 1.165) is 0 Å². The summed E-state index contributed by atoms with van der Waals surface area (Å²) in [5.74, 6) is 0.238. The molecule has 0 saturated heterocycles. The Morgan fingerprint density at radius 2 is 1.64 bits per heavy atom. The van der Waals surface area contributed by atoms with E-state index < -0.39 is 0 Å². The van der Waals surface area contributed by atoms with E-state index in [0.29, 0.717) is 0 Å². The van der Waals surface area contributed by atoms with Crippen molar-refractivity contribution < 1.29 is 4.79 Å². The number of hydrogen-bond donors (Lipinski definition) is 0. The average Bonchev–Trinajstić information content (AvgIpc) is 1.54. The molecule has 0 aliphatic heterocycles. The molecule has 0 spiro atoms.